The summed E-state index contributed by atoms with van der Waals surface area (Å²) >= 11 is 0. The maximum Gasteiger partial charge on any atom is 0.206 e. The molecular formula is C16H15N3O3. The molecule has 3 heterocycles. The van der Waals surface area contributed by atoms with Crippen molar-refractivity contribution in [2.24, 2.45) is 0 Å². The zero-order valence-corrected chi connectivity index (χ0v) is 12.1. The molecule has 6 nitrogen and oxygen atoms in total. The molecule has 0 bridgehead atoms. The van der Waals surface area contributed by atoms with E-state index in [1.54, 1.807) is 0 Å². The maximum atomic E-state index is 12.4. The van der Waals surface area contributed by atoms with Crippen LogP contribution in [-0.2, 0) is 4.74 Å². The summed E-state index contributed by atoms with van der Waals surface area (Å²) in [7, 11) is 1.82. The highest BCUT2D eigenvalue weighted by Gasteiger charge is 2.61. The number of anilines is 1. The highest BCUT2D eigenvalue weighted by Crippen LogP contribution is 2.49. The van der Waals surface area contributed by atoms with Gasteiger partial charge in [0, 0.05) is 18.3 Å². The Morgan fingerprint density at radius 1 is 1.50 bits per heavy atom. The molecule has 0 amide bonds. The van der Waals surface area contributed by atoms with Crippen LogP contribution in [0.3, 0.4) is 0 Å². The fraction of sp³-hybridized carbons (Fsp3) is 0.375. The molecule has 4 rings (SSSR count). The number of rotatable bonds is 2. The topological polar surface area (TPSA) is 76.6 Å². The standard InChI is InChI=1S/C16H15N3O3/c1-18-7-9(8-20)22-16(18)11(6-17)13-14-15(21)10-4-2-3-5-12(10)19(13)14/h2-5,9,13-14,20H,7-8H2,1H3. The van der Waals surface area contributed by atoms with E-state index in [4.69, 9.17) is 4.74 Å². The molecule has 22 heavy (non-hydrogen) atoms. The summed E-state index contributed by atoms with van der Waals surface area (Å²) < 4.78 is 5.66. The van der Waals surface area contributed by atoms with E-state index in [0.717, 1.165) is 11.3 Å². The quantitative estimate of drug-likeness (QED) is 0.633. The summed E-state index contributed by atoms with van der Waals surface area (Å²) in [6, 6.07) is 9.13. The van der Waals surface area contributed by atoms with Gasteiger partial charge in [0.1, 0.15) is 23.8 Å². The number of fused-ring (bicyclic) bond motifs is 3. The first kappa shape index (κ1) is 13.2. The molecule has 0 aromatic heterocycles. The Labute approximate surface area is 127 Å². The molecule has 3 atom stereocenters. The zero-order valence-electron chi connectivity index (χ0n) is 12.1. The highest BCUT2D eigenvalue weighted by atomic mass is 16.5. The van der Waals surface area contributed by atoms with E-state index in [2.05, 4.69) is 6.07 Å². The zero-order chi connectivity index (χ0) is 15.4. The number of likely N-dealkylation sites (N-methyl/N-ethyl adjacent to an activating group) is 1. The van der Waals surface area contributed by atoms with Gasteiger partial charge in [-0.3, -0.25) is 4.79 Å². The number of aliphatic hydroxyl groups is 1. The van der Waals surface area contributed by atoms with E-state index in [0.29, 0.717) is 18.0 Å². The normalized spacial score (nSPS) is 30.6. The lowest BCUT2D eigenvalue weighted by Gasteiger charge is -2.13. The van der Waals surface area contributed by atoms with E-state index >= 15 is 0 Å². The molecule has 1 aromatic rings. The number of hydrogen-bond donors (Lipinski definition) is 1. The van der Waals surface area contributed by atoms with Gasteiger partial charge in [-0.05, 0) is 12.1 Å². The predicted octanol–water partition coefficient (Wildman–Crippen LogP) is 0.498. The number of benzene rings is 1. The maximum absolute atomic E-state index is 12.4. The lowest BCUT2D eigenvalue weighted by Crippen LogP contribution is -2.20. The lowest BCUT2D eigenvalue weighted by molar-refractivity contribution is 0.0954. The van der Waals surface area contributed by atoms with E-state index in [9.17, 15) is 15.2 Å². The molecule has 2 fully saturated rings. The summed E-state index contributed by atoms with van der Waals surface area (Å²) in [4.78, 5) is 16.2. The highest BCUT2D eigenvalue weighted by molar-refractivity contribution is 6.16. The molecule has 2 saturated heterocycles. The Hall–Kier alpha value is -2.52. The van der Waals surface area contributed by atoms with Gasteiger partial charge in [-0.2, -0.15) is 5.26 Å². The Morgan fingerprint density at radius 2 is 2.27 bits per heavy atom. The Morgan fingerprint density at radius 3 is 2.95 bits per heavy atom. The molecule has 0 radical (unpaired) electrons. The molecule has 0 aliphatic carbocycles. The summed E-state index contributed by atoms with van der Waals surface area (Å²) in [5.74, 6) is 0.541. The van der Waals surface area contributed by atoms with Crippen LogP contribution in [0.1, 0.15) is 10.4 Å². The molecule has 1 N–H and O–H groups in total. The largest absolute Gasteiger partial charge is 0.471 e. The van der Waals surface area contributed by atoms with Crippen LogP contribution < -0.4 is 4.90 Å². The van der Waals surface area contributed by atoms with Crippen LogP contribution in [0.25, 0.3) is 0 Å². The van der Waals surface area contributed by atoms with Crippen LogP contribution in [0.2, 0.25) is 0 Å². The smallest absolute Gasteiger partial charge is 0.206 e. The number of nitrogens with zero attached hydrogens (tertiary/aromatic N) is 3. The van der Waals surface area contributed by atoms with Gasteiger partial charge in [-0.25, -0.2) is 0 Å². The third-order valence-electron chi connectivity index (χ3n) is 4.48. The minimum atomic E-state index is -0.320. The van der Waals surface area contributed by atoms with Gasteiger partial charge in [0.05, 0.1) is 19.2 Å². The van der Waals surface area contributed by atoms with Crippen molar-refractivity contribution in [2.75, 3.05) is 25.1 Å². The average Bonchev–Trinajstić information content (AvgIpc) is 3.04. The molecular weight excluding hydrogens is 282 g/mol. The first-order valence-corrected chi connectivity index (χ1v) is 7.22. The number of ketones is 1. The molecule has 6 heteroatoms. The van der Waals surface area contributed by atoms with Gasteiger partial charge < -0.3 is 19.6 Å². The van der Waals surface area contributed by atoms with Crippen molar-refractivity contribution in [3.05, 3.63) is 41.3 Å². The summed E-state index contributed by atoms with van der Waals surface area (Å²) in [5, 5.41) is 18.8. The van der Waals surface area contributed by atoms with Crippen molar-refractivity contribution in [3.63, 3.8) is 0 Å². The van der Waals surface area contributed by atoms with E-state index in [-0.39, 0.29) is 30.6 Å². The number of hydrogen-bond acceptors (Lipinski definition) is 6. The lowest BCUT2D eigenvalue weighted by atomic mass is 10.0. The minimum Gasteiger partial charge on any atom is -0.471 e. The second-order valence-electron chi connectivity index (χ2n) is 5.81. The number of aliphatic hydroxyl groups excluding tert-OH is 1. The van der Waals surface area contributed by atoms with Crippen molar-refractivity contribution in [1.29, 1.82) is 5.26 Å². The van der Waals surface area contributed by atoms with Crippen molar-refractivity contribution < 1.29 is 14.6 Å². The van der Waals surface area contributed by atoms with E-state index in [1.165, 1.54) is 0 Å². The summed E-state index contributed by atoms with van der Waals surface area (Å²) in [6.07, 6.45) is -0.320. The second kappa shape index (κ2) is 4.49. The number of para-hydroxylation sites is 1. The summed E-state index contributed by atoms with van der Waals surface area (Å²) in [5.41, 5.74) is 2.07. The predicted molar refractivity (Wildman–Crippen MR) is 78.1 cm³/mol. The van der Waals surface area contributed by atoms with Gasteiger partial charge >= 0.3 is 0 Å². The van der Waals surface area contributed by atoms with Crippen LogP contribution in [0.15, 0.2) is 35.7 Å². The summed E-state index contributed by atoms with van der Waals surface area (Å²) in [6.45, 7) is 0.449. The van der Waals surface area contributed by atoms with Gasteiger partial charge in [0.25, 0.3) is 0 Å². The van der Waals surface area contributed by atoms with Crippen LogP contribution >= 0.6 is 0 Å². The van der Waals surface area contributed by atoms with E-state index < -0.39 is 0 Å². The number of nitriles is 1. The van der Waals surface area contributed by atoms with Crippen molar-refractivity contribution in [1.82, 2.24) is 4.90 Å². The molecule has 3 aliphatic rings. The Bertz CT molecular complexity index is 736. The molecule has 112 valence electrons. The number of carbonyl (C=O) groups excluding carboxylic acids is 1. The van der Waals surface area contributed by atoms with Crippen LogP contribution in [0.5, 0.6) is 0 Å². The van der Waals surface area contributed by atoms with Crippen LogP contribution in [0, 0.1) is 11.3 Å². The van der Waals surface area contributed by atoms with Crippen molar-refractivity contribution >= 4 is 11.5 Å². The third kappa shape index (κ3) is 1.60. The fourth-order valence-corrected chi connectivity index (χ4v) is 3.44. The third-order valence-corrected chi connectivity index (χ3v) is 4.48. The minimum absolute atomic E-state index is 0.0632. The molecule has 3 aliphatic heterocycles. The molecule has 0 saturated carbocycles. The molecule has 1 aromatic carbocycles. The molecule has 3 unspecified atom stereocenters. The monoisotopic (exact) mass is 297 g/mol. The second-order valence-corrected chi connectivity index (χ2v) is 5.81. The van der Waals surface area contributed by atoms with E-state index in [1.807, 2.05) is 41.1 Å². The SMILES string of the molecule is CN1CC(CO)OC1=C(C#N)C1C2C(=O)c3ccccc3N21. The average molecular weight is 297 g/mol. The first-order chi connectivity index (χ1) is 10.7. The van der Waals surface area contributed by atoms with Gasteiger partial charge in [-0.15, -0.1) is 0 Å². The molecule has 0 spiro atoms. The van der Waals surface area contributed by atoms with Crippen molar-refractivity contribution in [2.45, 2.75) is 18.2 Å². The van der Waals surface area contributed by atoms with Crippen LogP contribution in [0.4, 0.5) is 5.69 Å². The van der Waals surface area contributed by atoms with Gasteiger partial charge in [0.15, 0.2) is 5.78 Å². The fourth-order valence-electron chi connectivity index (χ4n) is 3.44. The van der Waals surface area contributed by atoms with Gasteiger partial charge in [-0.1, -0.05) is 12.1 Å². The Kier molecular flexibility index (Phi) is 2.68. The van der Waals surface area contributed by atoms with Crippen molar-refractivity contribution in [3.8, 4) is 6.07 Å². The van der Waals surface area contributed by atoms with Crippen LogP contribution in [-0.4, -0.2) is 54.2 Å². The number of Topliss-reactive ketones (excluding diaryl/α,β-unsaturated/α-hetero) is 1. The first-order valence-electron chi connectivity index (χ1n) is 7.22. The number of ether oxygens (including phenoxy) is 1. The van der Waals surface area contributed by atoms with Gasteiger partial charge in [0.2, 0.25) is 5.88 Å². The Balaban J connectivity index is 1.70. The number of carbonyl (C=O) groups is 1.